The molecule has 23 heavy (non-hydrogen) atoms. The first-order valence-corrected chi connectivity index (χ1v) is 7.20. The van der Waals surface area contributed by atoms with Crippen LogP contribution in [0.5, 0.6) is 0 Å². The summed E-state index contributed by atoms with van der Waals surface area (Å²) in [6.07, 6.45) is 4.91. The van der Waals surface area contributed by atoms with E-state index in [1.54, 1.807) is 19.1 Å². The molecule has 3 nitrogen and oxygen atoms in total. The van der Waals surface area contributed by atoms with E-state index in [9.17, 15) is 13.6 Å². The Morgan fingerprint density at radius 3 is 2.43 bits per heavy atom. The van der Waals surface area contributed by atoms with Gasteiger partial charge in [-0.05, 0) is 47.8 Å². The zero-order valence-corrected chi connectivity index (χ0v) is 13.5. The number of azo groups is 1. The Labute approximate surface area is 134 Å². The Morgan fingerprint density at radius 1 is 1.13 bits per heavy atom. The van der Waals surface area contributed by atoms with Crippen molar-refractivity contribution >= 4 is 11.5 Å². The number of benzene rings is 1. The van der Waals surface area contributed by atoms with Gasteiger partial charge in [0.15, 0.2) is 11.6 Å². The maximum atomic E-state index is 13.5. The number of Topliss-reactive ketones (excluding diaryl/α,β-unsaturated/α-hetero) is 1. The molecular formula is C18H18F2N2O. The van der Waals surface area contributed by atoms with Gasteiger partial charge < -0.3 is 0 Å². The Kier molecular flexibility index (Phi) is 4.68. The van der Waals surface area contributed by atoms with Crippen LogP contribution in [0.3, 0.4) is 0 Å². The number of hydrogen-bond acceptors (Lipinski definition) is 3. The van der Waals surface area contributed by atoms with Crippen LogP contribution in [-0.4, -0.2) is 5.78 Å². The third-order valence-electron chi connectivity index (χ3n) is 3.39. The molecule has 0 amide bonds. The molecule has 0 bridgehead atoms. The van der Waals surface area contributed by atoms with Crippen molar-refractivity contribution in [3.63, 3.8) is 0 Å². The monoisotopic (exact) mass is 316 g/mol. The maximum absolute atomic E-state index is 13.5. The minimum absolute atomic E-state index is 0.0103. The summed E-state index contributed by atoms with van der Waals surface area (Å²) in [4.78, 5) is 12.2. The molecule has 0 saturated carbocycles. The van der Waals surface area contributed by atoms with E-state index in [0.29, 0.717) is 16.7 Å². The van der Waals surface area contributed by atoms with Gasteiger partial charge in [0.05, 0.1) is 6.20 Å². The predicted molar refractivity (Wildman–Crippen MR) is 85.3 cm³/mol. The smallest absolute Gasteiger partial charge is 0.185 e. The molecular weight excluding hydrogens is 298 g/mol. The summed E-state index contributed by atoms with van der Waals surface area (Å²) in [6.45, 7) is 7.62. The van der Waals surface area contributed by atoms with Crippen molar-refractivity contribution in [1.29, 1.82) is 0 Å². The van der Waals surface area contributed by atoms with Crippen LogP contribution in [0.2, 0.25) is 0 Å². The number of carbonyl (C=O) groups excluding carboxylic acids is 1. The van der Waals surface area contributed by atoms with Crippen LogP contribution in [0, 0.1) is 17.0 Å². The van der Waals surface area contributed by atoms with Crippen LogP contribution in [0.1, 0.15) is 27.7 Å². The molecule has 0 saturated heterocycles. The van der Waals surface area contributed by atoms with Gasteiger partial charge in [-0.25, -0.2) is 8.78 Å². The summed E-state index contributed by atoms with van der Waals surface area (Å²) >= 11 is 0. The second-order valence-corrected chi connectivity index (χ2v) is 6.40. The van der Waals surface area contributed by atoms with Crippen LogP contribution in [0.25, 0.3) is 0 Å². The Bertz CT molecular complexity index is 766. The summed E-state index contributed by atoms with van der Waals surface area (Å²) in [6, 6.07) is 3.09. The van der Waals surface area contributed by atoms with E-state index in [-0.39, 0.29) is 16.9 Å². The number of halogens is 2. The summed E-state index contributed by atoms with van der Waals surface area (Å²) in [5, 5.41) is 7.57. The summed E-state index contributed by atoms with van der Waals surface area (Å²) in [5.74, 6) is -1.43. The number of allylic oxidation sites excluding steroid dienone is 5. The molecule has 0 heterocycles. The number of nitrogens with zero attached hydrogens (tertiary/aromatic N) is 2. The molecule has 0 aliphatic heterocycles. The first-order chi connectivity index (χ1) is 10.7. The first-order valence-electron chi connectivity index (χ1n) is 7.20. The Morgan fingerprint density at radius 2 is 1.83 bits per heavy atom. The lowest BCUT2D eigenvalue weighted by Crippen LogP contribution is -2.21. The topological polar surface area (TPSA) is 41.8 Å². The lowest BCUT2D eigenvalue weighted by molar-refractivity contribution is -0.113. The molecule has 1 aliphatic rings. The Balaban J connectivity index is 2.30. The van der Waals surface area contributed by atoms with Gasteiger partial charge in [-0.3, -0.25) is 4.79 Å². The van der Waals surface area contributed by atoms with Gasteiger partial charge in [0.2, 0.25) is 0 Å². The lowest BCUT2D eigenvalue weighted by atomic mass is 9.78. The number of carbonyl (C=O) groups is 1. The van der Waals surface area contributed by atoms with Crippen LogP contribution in [-0.2, 0) is 4.79 Å². The van der Waals surface area contributed by atoms with Crippen LogP contribution in [0.15, 0.2) is 63.5 Å². The number of rotatable bonds is 2. The fourth-order valence-electron chi connectivity index (χ4n) is 2.15. The summed E-state index contributed by atoms with van der Waals surface area (Å²) in [7, 11) is 0. The predicted octanol–water partition coefficient (Wildman–Crippen LogP) is 5.43. The van der Waals surface area contributed by atoms with Crippen molar-refractivity contribution in [1.82, 2.24) is 0 Å². The molecule has 5 heteroatoms. The third-order valence-corrected chi connectivity index (χ3v) is 3.39. The molecule has 0 radical (unpaired) electrons. The van der Waals surface area contributed by atoms with E-state index in [2.05, 4.69) is 10.2 Å². The average Bonchev–Trinajstić information content (AvgIpc) is 2.43. The summed E-state index contributed by atoms with van der Waals surface area (Å²) in [5.41, 5.74) is 1.68. The molecule has 1 aromatic rings. The molecule has 0 unspecified atom stereocenters. The van der Waals surface area contributed by atoms with Gasteiger partial charge in [-0.2, -0.15) is 5.11 Å². The highest BCUT2D eigenvalue weighted by atomic mass is 19.1. The van der Waals surface area contributed by atoms with Crippen LogP contribution in [0.4, 0.5) is 14.5 Å². The second-order valence-electron chi connectivity index (χ2n) is 6.40. The molecule has 0 spiro atoms. The van der Waals surface area contributed by atoms with Crippen molar-refractivity contribution < 1.29 is 13.6 Å². The van der Waals surface area contributed by atoms with Crippen LogP contribution >= 0.6 is 0 Å². The maximum Gasteiger partial charge on any atom is 0.185 e. The van der Waals surface area contributed by atoms with Crippen molar-refractivity contribution in [3.8, 4) is 0 Å². The third kappa shape index (κ3) is 4.06. The minimum atomic E-state index is -0.774. The van der Waals surface area contributed by atoms with E-state index in [1.807, 2.05) is 20.8 Å². The van der Waals surface area contributed by atoms with Gasteiger partial charge in [-0.15, -0.1) is 5.11 Å². The van der Waals surface area contributed by atoms with Gasteiger partial charge >= 0.3 is 0 Å². The molecule has 0 atom stereocenters. The molecule has 1 aromatic carbocycles. The van der Waals surface area contributed by atoms with Gasteiger partial charge in [0, 0.05) is 11.6 Å². The molecule has 0 N–H and O–H groups in total. The van der Waals surface area contributed by atoms with Crippen molar-refractivity contribution in [2.45, 2.75) is 27.7 Å². The first kappa shape index (κ1) is 16.9. The number of ketones is 1. The molecule has 1 aliphatic carbocycles. The lowest BCUT2D eigenvalue weighted by Gasteiger charge is -2.24. The zero-order chi connectivity index (χ0) is 17.2. The highest BCUT2D eigenvalue weighted by Gasteiger charge is 2.27. The highest BCUT2D eigenvalue weighted by molar-refractivity contribution is 6.10. The minimum Gasteiger partial charge on any atom is -0.289 e. The van der Waals surface area contributed by atoms with Crippen LogP contribution < -0.4 is 0 Å². The fraction of sp³-hybridized carbons (Fsp3) is 0.278. The average molecular weight is 316 g/mol. The largest absolute Gasteiger partial charge is 0.289 e. The molecule has 0 aromatic heterocycles. The van der Waals surface area contributed by atoms with Gasteiger partial charge in [0.1, 0.15) is 11.5 Å². The molecule has 2 rings (SSSR count). The van der Waals surface area contributed by atoms with Crippen molar-refractivity contribution in [3.05, 3.63) is 64.9 Å². The fourth-order valence-corrected chi connectivity index (χ4v) is 2.15. The SMILES string of the molecule is CC1=CC(=CN=Nc2ccc(F)cc2F)C=C(C(C)(C)C)C1=O. The van der Waals surface area contributed by atoms with E-state index >= 15 is 0 Å². The van der Waals surface area contributed by atoms with E-state index in [4.69, 9.17) is 0 Å². The molecule has 0 fully saturated rings. The van der Waals surface area contributed by atoms with E-state index < -0.39 is 11.6 Å². The highest BCUT2D eigenvalue weighted by Crippen LogP contribution is 2.32. The van der Waals surface area contributed by atoms with Gasteiger partial charge in [-0.1, -0.05) is 20.8 Å². The van der Waals surface area contributed by atoms with Gasteiger partial charge in [0.25, 0.3) is 0 Å². The normalized spacial score (nSPS) is 17.7. The Hall–Kier alpha value is -2.43. The molecule has 120 valence electrons. The quantitative estimate of drug-likeness (QED) is 0.670. The second kappa shape index (κ2) is 6.36. The van der Waals surface area contributed by atoms with Crippen molar-refractivity contribution in [2.24, 2.45) is 15.6 Å². The van der Waals surface area contributed by atoms with E-state index in [1.165, 1.54) is 12.3 Å². The van der Waals surface area contributed by atoms with Crippen molar-refractivity contribution in [2.75, 3.05) is 0 Å². The summed E-state index contributed by atoms with van der Waals surface area (Å²) < 4.78 is 26.3. The van der Waals surface area contributed by atoms with E-state index in [0.717, 1.165) is 12.1 Å². The number of hydrogen-bond donors (Lipinski definition) is 0. The standard InChI is InChI=1S/C18H18F2N2O/c1-11-7-12(8-14(17(11)23)18(2,3)4)10-21-22-16-6-5-13(19)9-15(16)20/h5-10H,1-4H3. The zero-order valence-electron chi connectivity index (χ0n) is 13.5.